The Hall–Kier alpha value is -2.77. The Morgan fingerprint density at radius 3 is 2.77 bits per heavy atom. The van der Waals surface area contributed by atoms with Crippen molar-refractivity contribution in [3.63, 3.8) is 0 Å². The van der Waals surface area contributed by atoms with Gasteiger partial charge in [0.05, 0.1) is 4.92 Å². The molecule has 2 rings (SSSR count). The van der Waals surface area contributed by atoms with Gasteiger partial charge in [0.1, 0.15) is 6.04 Å². The van der Waals surface area contributed by atoms with E-state index in [0.717, 1.165) is 5.56 Å². The van der Waals surface area contributed by atoms with Gasteiger partial charge in [0.2, 0.25) is 18.2 Å². The van der Waals surface area contributed by atoms with Crippen LogP contribution in [0.4, 0.5) is 5.69 Å². The minimum absolute atomic E-state index is 0.0727. The normalized spacial score (nSPS) is 17.8. The summed E-state index contributed by atoms with van der Waals surface area (Å²) in [6.45, 7) is 1.84. The first kappa shape index (κ1) is 15.6. The highest BCUT2D eigenvalue weighted by Crippen LogP contribution is 2.21. The van der Waals surface area contributed by atoms with E-state index in [1.165, 1.54) is 17.0 Å². The first-order valence-corrected chi connectivity index (χ1v) is 6.71. The highest BCUT2D eigenvalue weighted by Gasteiger charge is 2.31. The van der Waals surface area contributed by atoms with Crippen LogP contribution in [0.25, 0.3) is 0 Å². The zero-order valence-electron chi connectivity index (χ0n) is 11.9. The van der Waals surface area contributed by atoms with Crippen LogP contribution in [0.5, 0.6) is 0 Å². The summed E-state index contributed by atoms with van der Waals surface area (Å²) in [5.41, 5.74) is 1.30. The number of imide groups is 1. The molecule has 1 atom stereocenters. The molecule has 0 radical (unpaired) electrons. The molecule has 1 aromatic carbocycles. The van der Waals surface area contributed by atoms with Gasteiger partial charge >= 0.3 is 0 Å². The monoisotopic (exact) mass is 305 g/mol. The van der Waals surface area contributed by atoms with Crippen molar-refractivity contribution in [3.05, 3.63) is 39.4 Å². The van der Waals surface area contributed by atoms with E-state index in [-0.39, 0.29) is 31.0 Å². The molecule has 1 aliphatic rings. The number of aryl methyl sites for hydroxylation is 1. The molecular weight excluding hydrogens is 290 g/mol. The SMILES string of the molecule is Cc1ccc([N+](=O)[O-])cc1CN(C=O)C1CCC(=O)NC1=O. The van der Waals surface area contributed by atoms with E-state index < -0.39 is 16.9 Å². The first-order valence-electron chi connectivity index (χ1n) is 6.71. The largest absolute Gasteiger partial charge is 0.329 e. The molecule has 1 heterocycles. The van der Waals surface area contributed by atoms with Crippen molar-refractivity contribution in [2.75, 3.05) is 0 Å². The number of benzene rings is 1. The molecule has 3 amide bonds. The summed E-state index contributed by atoms with van der Waals surface area (Å²) in [6.07, 6.45) is 0.935. The van der Waals surface area contributed by atoms with E-state index in [1.54, 1.807) is 13.0 Å². The van der Waals surface area contributed by atoms with E-state index in [2.05, 4.69) is 5.32 Å². The van der Waals surface area contributed by atoms with Crippen molar-refractivity contribution in [2.24, 2.45) is 0 Å². The number of hydrogen-bond donors (Lipinski definition) is 1. The van der Waals surface area contributed by atoms with Gasteiger partial charge in [-0.1, -0.05) is 6.07 Å². The number of carbonyl (C=O) groups excluding carboxylic acids is 3. The van der Waals surface area contributed by atoms with E-state index in [4.69, 9.17) is 0 Å². The van der Waals surface area contributed by atoms with E-state index in [0.29, 0.717) is 12.0 Å². The molecule has 22 heavy (non-hydrogen) atoms. The fourth-order valence-electron chi connectivity index (χ4n) is 2.36. The number of nitro benzene ring substituents is 1. The quantitative estimate of drug-likeness (QED) is 0.372. The Balaban J connectivity index is 2.21. The maximum absolute atomic E-state index is 11.8. The van der Waals surface area contributed by atoms with E-state index in [9.17, 15) is 24.5 Å². The molecule has 1 aliphatic heterocycles. The Morgan fingerprint density at radius 1 is 1.45 bits per heavy atom. The lowest BCUT2D eigenvalue weighted by Gasteiger charge is -2.30. The van der Waals surface area contributed by atoms with Gasteiger partial charge in [-0.3, -0.25) is 29.8 Å². The van der Waals surface area contributed by atoms with Crippen LogP contribution in [0.2, 0.25) is 0 Å². The summed E-state index contributed by atoms with van der Waals surface area (Å²) in [7, 11) is 0. The number of piperidine rings is 1. The van der Waals surface area contributed by atoms with Crippen LogP contribution in [-0.2, 0) is 20.9 Å². The average Bonchev–Trinajstić information content (AvgIpc) is 2.47. The summed E-state index contributed by atoms with van der Waals surface area (Å²) in [5, 5.41) is 13.0. The Bertz CT molecular complexity index is 643. The number of carbonyl (C=O) groups is 3. The van der Waals surface area contributed by atoms with Crippen LogP contribution in [0.3, 0.4) is 0 Å². The highest BCUT2D eigenvalue weighted by molar-refractivity contribution is 6.00. The standard InChI is InChI=1S/C14H15N3O5/c1-9-2-3-11(17(21)22)6-10(9)7-16(8-18)12-4-5-13(19)15-14(12)20/h2-3,6,8,12H,4-5,7H2,1H3,(H,15,19,20). The lowest BCUT2D eigenvalue weighted by molar-refractivity contribution is -0.384. The third-order valence-electron chi connectivity index (χ3n) is 3.64. The van der Waals surface area contributed by atoms with Crippen molar-refractivity contribution in [3.8, 4) is 0 Å². The molecule has 1 saturated heterocycles. The molecule has 0 aromatic heterocycles. The number of non-ortho nitro benzene ring substituents is 1. The van der Waals surface area contributed by atoms with Crippen molar-refractivity contribution >= 4 is 23.9 Å². The van der Waals surface area contributed by atoms with Crippen LogP contribution in [0.15, 0.2) is 18.2 Å². The van der Waals surface area contributed by atoms with Crippen molar-refractivity contribution in [2.45, 2.75) is 32.4 Å². The van der Waals surface area contributed by atoms with Gasteiger partial charge in [-0.05, 0) is 24.5 Å². The predicted molar refractivity (Wildman–Crippen MR) is 75.6 cm³/mol. The van der Waals surface area contributed by atoms with Gasteiger partial charge in [-0.15, -0.1) is 0 Å². The molecule has 1 unspecified atom stereocenters. The third kappa shape index (κ3) is 3.27. The van der Waals surface area contributed by atoms with Gasteiger partial charge in [0, 0.05) is 25.1 Å². The number of amides is 3. The van der Waals surface area contributed by atoms with Crippen LogP contribution in [-0.4, -0.2) is 34.1 Å². The summed E-state index contributed by atoms with van der Waals surface area (Å²) >= 11 is 0. The molecule has 1 N–H and O–H groups in total. The average molecular weight is 305 g/mol. The minimum Gasteiger partial charge on any atom is -0.329 e. The van der Waals surface area contributed by atoms with Crippen LogP contribution >= 0.6 is 0 Å². The maximum Gasteiger partial charge on any atom is 0.269 e. The minimum atomic E-state index is -0.742. The summed E-state index contributed by atoms with van der Waals surface area (Å²) in [5.74, 6) is -0.884. The number of hydrogen-bond acceptors (Lipinski definition) is 5. The Morgan fingerprint density at radius 2 is 2.18 bits per heavy atom. The smallest absolute Gasteiger partial charge is 0.269 e. The number of nitrogens with one attached hydrogen (secondary N) is 1. The van der Waals surface area contributed by atoms with E-state index in [1.807, 2.05) is 0 Å². The lowest BCUT2D eigenvalue weighted by Crippen LogP contribution is -2.51. The summed E-state index contributed by atoms with van der Waals surface area (Å²) in [6, 6.07) is 3.63. The molecule has 0 saturated carbocycles. The van der Waals surface area contributed by atoms with E-state index >= 15 is 0 Å². The molecule has 8 nitrogen and oxygen atoms in total. The molecule has 1 aromatic rings. The van der Waals surface area contributed by atoms with Crippen molar-refractivity contribution in [1.82, 2.24) is 10.2 Å². The molecule has 0 bridgehead atoms. The maximum atomic E-state index is 11.8. The van der Waals surface area contributed by atoms with Gasteiger partial charge in [-0.2, -0.15) is 0 Å². The summed E-state index contributed by atoms with van der Waals surface area (Å²) < 4.78 is 0. The van der Waals surface area contributed by atoms with Crippen LogP contribution < -0.4 is 5.32 Å². The zero-order valence-corrected chi connectivity index (χ0v) is 11.9. The molecule has 1 fully saturated rings. The second-order valence-corrected chi connectivity index (χ2v) is 5.11. The fraction of sp³-hybridized carbons (Fsp3) is 0.357. The second-order valence-electron chi connectivity index (χ2n) is 5.11. The van der Waals surface area contributed by atoms with Crippen LogP contribution in [0, 0.1) is 17.0 Å². The first-order chi connectivity index (χ1) is 10.4. The zero-order chi connectivity index (χ0) is 16.3. The van der Waals surface area contributed by atoms with Crippen molar-refractivity contribution in [1.29, 1.82) is 0 Å². The fourth-order valence-corrected chi connectivity index (χ4v) is 2.36. The number of rotatable bonds is 5. The summed E-state index contributed by atoms with van der Waals surface area (Å²) in [4.78, 5) is 45.8. The lowest BCUT2D eigenvalue weighted by atomic mass is 10.0. The van der Waals surface area contributed by atoms with Gasteiger partial charge in [0.15, 0.2) is 0 Å². The molecule has 8 heteroatoms. The number of nitrogens with zero attached hydrogens (tertiary/aromatic N) is 2. The van der Waals surface area contributed by atoms with Crippen molar-refractivity contribution < 1.29 is 19.3 Å². The Kier molecular flexibility index (Phi) is 4.50. The topological polar surface area (TPSA) is 110 Å². The third-order valence-corrected chi connectivity index (χ3v) is 3.64. The van der Waals surface area contributed by atoms with Gasteiger partial charge in [-0.25, -0.2) is 0 Å². The molecule has 0 spiro atoms. The van der Waals surface area contributed by atoms with Crippen LogP contribution in [0.1, 0.15) is 24.0 Å². The predicted octanol–water partition coefficient (Wildman–Crippen LogP) is 0.667. The molecule has 116 valence electrons. The molecule has 0 aliphatic carbocycles. The molecular formula is C14H15N3O5. The van der Waals surface area contributed by atoms with Gasteiger partial charge < -0.3 is 4.90 Å². The van der Waals surface area contributed by atoms with Gasteiger partial charge in [0.25, 0.3) is 5.69 Å². The number of nitro groups is 1. The second kappa shape index (κ2) is 6.33. The Labute approximate surface area is 126 Å². The highest BCUT2D eigenvalue weighted by atomic mass is 16.6.